The predicted molar refractivity (Wildman–Crippen MR) is 63.3 cm³/mol. The van der Waals surface area contributed by atoms with Gasteiger partial charge in [-0.1, -0.05) is 13.0 Å². The van der Waals surface area contributed by atoms with Gasteiger partial charge in [-0.25, -0.2) is 0 Å². The minimum absolute atomic E-state index is 0.715. The van der Waals surface area contributed by atoms with Crippen LogP contribution >= 0.6 is 27.7 Å². The van der Waals surface area contributed by atoms with Gasteiger partial charge in [-0.15, -0.1) is 11.8 Å². The summed E-state index contributed by atoms with van der Waals surface area (Å²) in [6.45, 7) is 2.87. The van der Waals surface area contributed by atoms with Gasteiger partial charge in [0.2, 0.25) is 0 Å². The molecule has 3 heteroatoms. The number of halogens is 1. The summed E-state index contributed by atoms with van der Waals surface area (Å²) in [5.41, 5.74) is 6.79. The van der Waals surface area contributed by atoms with Crippen LogP contribution in [0, 0.1) is 0 Å². The summed E-state index contributed by atoms with van der Waals surface area (Å²) in [4.78, 5) is 1.31. The van der Waals surface area contributed by atoms with Gasteiger partial charge >= 0.3 is 0 Å². The van der Waals surface area contributed by atoms with Crippen LogP contribution in [0.5, 0.6) is 0 Å². The summed E-state index contributed by atoms with van der Waals surface area (Å²) in [6.07, 6.45) is 0.954. The van der Waals surface area contributed by atoms with Crippen molar-refractivity contribution in [2.75, 3.05) is 12.3 Å². The Hall–Kier alpha value is 0.01000. The molecule has 0 heterocycles. The maximum atomic E-state index is 5.49. The second kappa shape index (κ2) is 5.68. The maximum Gasteiger partial charge on any atom is 0.0313 e. The van der Waals surface area contributed by atoms with E-state index in [4.69, 9.17) is 5.73 Å². The van der Waals surface area contributed by atoms with E-state index >= 15 is 0 Å². The van der Waals surface area contributed by atoms with E-state index < -0.39 is 0 Å². The first-order chi connectivity index (χ1) is 6.27. The molecular weight excluding hydrogens is 246 g/mol. The van der Waals surface area contributed by atoms with E-state index in [1.165, 1.54) is 14.9 Å². The molecule has 1 rings (SSSR count). The van der Waals surface area contributed by atoms with Crippen LogP contribution in [0.25, 0.3) is 0 Å². The highest BCUT2D eigenvalue weighted by Gasteiger charge is 2.00. The summed E-state index contributed by atoms with van der Waals surface area (Å²) < 4.78 is 1.19. The highest BCUT2D eigenvalue weighted by molar-refractivity contribution is 9.10. The normalized spacial score (nSPS) is 10.4. The third kappa shape index (κ3) is 3.33. The smallest absolute Gasteiger partial charge is 0.0313 e. The summed E-state index contributed by atoms with van der Waals surface area (Å²) in [5, 5.41) is 0. The molecule has 0 aliphatic rings. The van der Waals surface area contributed by atoms with Crippen molar-refractivity contribution in [2.45, 2.75) is 18.2 Å². The molecule has 0 bridgehead atoms. The largest absolute Gasteiger partial charge is 0.330 e. The second-order valence-corrected chi connectivity index (χ2v) is 4.90. The molecule has 0 saturated heterocycles. The number of nitrogens with two attached hydrogens (primary N) is 1. The Morgan fingerprint density at radius 1 is 1.46 bits per heavy atom. The summed E-state index contributed by atoms with van der Waals surface area (Å²) in [6, 6.07) is 6.46. The summed E-state index contributed by atoms with van der Waals surface area (Å²) >= 11 is 5.41. The zero-order valence-corrected chi connectivity index (χ0v) is 10.1. The maximum absolute atomic E-state index is 5.49. The van der Waals surface area contributed by atoms with Crippen LogP contribution in [-0.2, 0) is 6.42 Å². The standard InChI is InChI=1S/C10H14BrNS/c1-2-13-10-4-3-8(5-6-12)7-9(10)11/h3-4,7H,2,5-6,12H2,1H3. The minimum atomic E-state index is 0.715. The average molecular weight is 260 g/mol. The molecule has 1 aromatic rings. The van der Waals surface area contributed by atoms with E-state index in [1.807, 2.05) is 11.8 Å². The van der Waals surface area contributed by atoms with Crippen molar-refractivity contribution in [3.05, 3.63) is 28.2 Å². The Labute approximate surface area is 92.2 Å². The van der Waals surface area contributed by atoms with Crippen molar-refractivity contribution in [1.29, 1.82) is 0 Å². The monoisotopic (exact) mass is 259 g/mol. The molecule has 0 aliphatic carbocycles. The molecule has 1 nitrogen and oxygen atoms in total. The zero-order chi connectivity index (χ0) is 9.68. The molecule has 0 saturated carbocycles. The van der Waals surface area contributed by atoms with Crippen molar-refractivity contribution in [2.24, 2.45) is 5.73 Å². The lowest BCUT2D eigenvalue weighted by Gasteiger charge is -2.04. The van der Waals surface area contributed by atoms with E-state index in [1.54, 1.807) is 0 Å². The van der Waals surface area contributed by atoms with E-state index in [0.29, 0.717) is 6.54 Å². The fourth-order valence-electron chi connectivity index (χ4n) is 1.14. The van der Waals surface area contributed by atoms with Gasteiger partial charge < -0.3 is 5.73 Å². The highest BCUT2D eigenvalue weighted by atomic mass is 79.9. The van der Waals surface area contributed by atoms with E-state index in [9.17, 15) is 0 Å². The van der Waals surface area contributed by atoms with Crippen molar-refractivity contribution in [3.8, 4) is 0 Å². The molecule has 2 N–H and O–H groups in total. The lowest BCUT2D eigenvalue weighted by atomic mass is 10.2. The lowest BCUT2D eigenvalue weighted by Crippen LogP contribution is -2.02. The Morgan fingerprint density at radius 3 is 2.77 bits per heavy atom. The van der Waals surface area contributed by atoms with Gasteiger partial charge in [0.25, 0.3) is 0 Å². The van der Waals surface area contributed by atoms with Gasteiger partial charge in [-0.2, -0.15) is 0 Å². The topological polar surface area (TPSA) is 26.0 Å². The molecule has 0 amide bonds. The first-order valence-electron chi connectivity index (χ1n) is 4.39. The van der Waals surface area contributed by atoms with Crippen molar-refractivity contribution >= 4 is 27.7 Å². The van der Waals surface area contributed by atoms with Gasteiger partial charge in [0, 0.05) is 9.37 Å². The Balaban J connectivity index is 2.79. The number of benzene rings is 1. The molecule has 0 atom stereocenters. The molecule has 72 valence electrons. The Kier molecular flexibility index (Phi) is 4.84. The fraction of sp³-hybridized carbons (Fsp3) is 0.400. The van der Waals surface area contributed by atoms with Crippen LogP contribution in [0.3, 0.4) is 0 Å². The predicted octanol–water partition coefficient (Wildman–Crippen LogP) is 3.06. The molecule has 0 aliphatic heterocycles. The zero-order valence-electron chi connectivity index (χ0n) is 7.72. The van der Waals surface area contributed by atoms with Crippen LogP contribution in [-0.4, -0.2) is 12.3 Å². The molecule has 0 aromatic heterocycles. The number of hydrogen-bond acceptors (Lipinski definition) is 2. The number of hydrogen-bond donors (Lipinski definition) is 1. The summed E-state index contributed by atoms with van der Waals surface area (Å²) in [5.74, 6) is 1.11. The quantitative estimate of drug-likeness (QED) is 0.842. The van der Waals surface area contributed by atoms with Crippen LogP contribution in [0.4, 0.5) is 0 Å². The third-order valence-electron chi connectivity index (χ3n) is 1.73. The van der Waals surface area contributed by atoms with Crippen LogP contribution in [0.1, 0.15) is 12.5 Å². The lowest BCUT2D eigenvalue weighted by molar-refractivity contribution is 0.965. The van der Waals surface area contributed by atoms with E-state index in [2.05, 4.69) is 41.1 Å². The number of rotatable bonds is 4. The number of thioether (sulfide) groups is 1. The van der Waals surface area contributed by atoms with Gasteiger partial charge in [0.05, 0.1) is 0 Å². The molecular formula is C10H14BrNS. The highest BCUT2D eigenvalue weighted by Crippen LogP contribution is 2.28. The van der Waals surface area contributed by atoms with Crippen molar-refractivity contribution in [3.63, 3.8) is 0 Å². The molecule has 1 aromatic carbocycles. The van der Waals surface area contributed by atoms with Crippen LogP contribution in [0.15, 0.2) is 27.6 Å². The average Bonchev–Trinajstić information content (AvgIpc) is 2.10. The van der Waals surface area contributed by atoms with Gasteiger partial charge in [-0.05, 0) is 52.3 Å². The molecule has 0 spiro atoms. The first-order valence-corrected chi connectivity index (χ1v) is 6.17. The SMILES string of the molecule is CCSc1ccc(CCN)cc1Br. The van der Waals surface area contributed by atoms with Crippen LogP contribution < -0.4 is 5.73 Å². The molecule has 0 unspecified atom stereocenters. The Morgan fingerprint density at radius 2 is 2.23 bits per heavy atom. The Bertz CT molecular complexity index is 276. The first kappa shape index (κ1) is 11.1. The van der Waals surface area contributed by atoms with Gasteiger partial charge in [0.15, 0.2) is 0 Å². The fourth-order valence-corrected chi connectivity index (χ4v) is 2.58. The van der Waals surface area contributed by atoms with Crippen molar-refractivity contribution in [1.82, 2.24) is 0 Å². The van der Waals surface area contributed by atoms with Crippen molar-refractivity contribution < 1.29 is 0 Å². The molecule has 0 fully saturated rings. The molecule has 0 radical (unpaired) electrons. The molecule has 13 heavy (non-hydrogen) atoms. The minimum Gasteiger partial charge on any atom is -0.330 e. The third-order valence-corrected chi connectivity index (χ3v) is 3.60. The summed E-state index contributed by atoms with van der Waals surface area (Å²) in [7, 11) is 0. The van der Waals surface area contributed by atoms with E-state index in [0.717, 1.165) is 12.2 Å². The van der Waals surface area contributed by atoms with Gasteiger partial charge in [-0.3, -0.25) is 0 Å². The van der Waals surface area contributed by atoms with Gasteiger partial charge in [0.1, 0.15) is 0 Å². The van der Waals surface area contributed by atoms with E-state index in [-0.39, 0.29) is 0 Å². The second-order valence-electron chi connectivity index (χ2n) is 2.74. The van der Waals surface area contributed by atoms with Crippen LogP contribution in [0.2, 0.25) is 0 Å².